The Morgan fingerprint density at radius 2 is 1.89 bits per heavy atom. The second kappa shape index (κ2) is 8.30. The van der Waals surface area contributed by atoms with Gasteiger partial charge in [0.2, 0.25) is 0 Å². The zero-order chi connectivity index (χ0) is 26.3. The van der Waals surface area contributed by atoms with Gasteiger partial charge in [-0.25, -0.2) is 13.8 Å². The number of piperazine rings is 1. The van der Waals surface area contributed by atoms with Crippen molar-refractivity contribution >= 4 is 33.3 Å². The topological polar surface area (TPSA) is 69.5 Å². The Kier molecular flexibility index (Phi) is 5.08. The van der Waals surface area contributed by atoms with E-state index in [1.54, 1.807) is 0 Å². The van der Waals surface area contributed by atoms with Gasteiger partial charge in [0.05, 0.1) is 17.0 Å². The van der Waals surface area contributed by atoms with Crippen LogP contribution in [0, 0.1) is 24.0 Å². The van der Waals surface area contributed by atoms with Crippen molar-refractivity contribution in [3.8, 4) is 29.4 Å². The first-order valence-electron chi connectivity index (χ1n) is 13.1. The first-order valence-corrected chi connectivity index (χ1v) is 13.1. The number of nitrogens with one attached hydrogen (secondary N) is 1. The number of pyridine rings is 1. The van der Waals surface area contributed by atoms with Crippen LogP contribution in [0.1, 0.15) is 37.3 Å². The molecule has 3 saturated heterocycles. The summed E-state index contributed by atoms with van der Waals surface area (Å²) in [5, 5.41) is 20.7. The average molecular weight is 515 g/mol. The number of terminal acetylenes is 1. The molecule has 2 aromatic carbocycles. The minimum Gasteiger partial charge on any atom is -0.508 e. The van der Waals surface area contributed by atoms with Crippen LogP contribution >= 0.6 is 0 Å². The fraction of sp³-hybridized carbons (Fsp3) is 0.379. The number of aromatic hydroxyl groups is 1. The van der Waals surface area contributed by atoms with Crippen LogP contribution in [0.25, 0.3) is 32.9 Å². The lowest BCUT2D eigenvalue weighted by Crippen LogP contribution is -2.61. The summed E-state index contributed by atoms with van der Waals surface area (Å²) in [6.07, 6.45) is 9.75. The second-order valence-electron chi connectivity index (χ2n) is 10.9. The monoisotopic (exact) mass is 514 g/mol. The highest BCUT2D eigenvalue weighted by atomic mass is 19.1. The van der Waals surface area contributed by atoms with Gasteiger partial charge in [-0.05, 0) is 49.3 Å². The van der Waals surface area contributed by atoms with Gasteiger partial charge in [-0.15, -0.1) is 6.42 Å². The Hall–Kier alpha value is -3.90. The van der Waals surface area contributed by atoms with E-state index in [1.165, 1.54) is 24.3 Å². The standard InChI is InChI=1S/C29H28F2N6O/c1-4-20-22(30)10-5-15-11-19(38)12-21(23(15)20)26-25(31)27-24(28(33-26)35(2)3)29(34-37(27)17-8-9-17)36-14-16-6-7-18(36)13-32-16/h1,5,10-12,16-18,32,38H,6-9,13-14H2,2-3H3/t16-,18-/m0/s1. The summed E-state index contributed by atoms with van der Waals surface area (Å²) in [5.74, 6) is 2.54. The van der Waals surface area contributed by atoms with Gasteiger partial charge >= 0.3 is 0 Å². The van der Waals surface area contributed by atoms with Crippen molar-refractivity contribution in [2.45, 2.75) is 43.8 Å². The molecule has 2 N–H and O–H groups in total. The van der Waals surface area contributed by atoms with Gasteiger partial charge < -0.3 is 20.2 Å². The summed E-state index contributed by atoms with van der Waals surface area (Å²) in [7, 11) is 3.75. The highest BCUT2D eigenvalue weighted by Crippen LogP contribution is 2.46. The number of hydrogen-bond donors (Lipinski definition) is 2. The predicted molar refractivity (Wildman–Crippen MR) is 145 cm³/mol. The molecule has 8 rings (SSSR count). The Morgan fingerprint density at radius 1 is 1.11 bits per heavy atom. The molecule has 0 amide bonds. The lowest BCUT2D eigenvalue weighted by Gasteiger charge is -2.46. The molecule has 4 aromatic rings. The third-order valence-corrected chi connectivity index (χ3v) is 8.14. The Labute approximate surface area is 219 Å². The molecule has 2 atom stereocenters. The normalized spacial score (nSPS) is 20.9. The van der Waals surface area contributed by atoms with Crippen LogP contribution in [0.5, 0.6) is 5.75 Å². The largest absolute Gasteiger partial charge is 0.508 e. The average Bonchev–Trinajstić information content (AvgIpc) is 3.68. The van der Waals surface area contributed by atoms with E-state index < -0.39 is 11.6 Å². The van der Waals surface area contributed by atoms with E-state index in [0.29, 0.717) is 39.6 Å². The number of anilines is 2. The van der Waals surface area contributed by atoms with Crippen molar-refractivity contribution in [3.63, 3.8) is 0 Å². The SMILES string of the molecule is C#Cc1c(F)ccc2cc(O)cc(-c3nc(N(C)C)c4c(N5C[C@@H]6CC[C@H]5CN6)nn(C5CC5)c4c3F)c12. The number of nitrogens with zero attached hydrogens (tertiary/aromatic N) is 5. The molecule has 3 aliphatic heterocycles. The summed E-state index contributed by atoms with van der Waals surface area (Å²) < 4.78 is 33.4. The summed E-state index contributed by atoms with van der Waals surface area (Å²) in [6.45, 7) is 1.70. The highest BCUT2D eigenvalue weighted by molar-refractivity contribution is 6.06. The molecule has 0 radical (unpaired) electrons. The lowest BCUT2D eigenvalue weighted by molar-refractivity contribution is 0.289. The van der Waals surface area contributed by atoms with E-state index in [9.17, 15) is 9.50 Å². The van der Waals surface area contributed by atoms with Crippen LogP contribution in [0.2, 0.25) is 0 Å². The molecule has 194 valence electrons. The number of rotatable bonds is 4. The number of halogens is 2. The maximum atomic E-state index is 16.8. The van der Waals surface area contributed by atoms with Crippen molar-refractivity contribution in [1.29, 1.82) is 0 Å². The third-order valence-electron chi connectivity index (χ3n) is 8.14. The van der Waals surface area contributed by atoms with E-state index >= 15 is 4.39 Å². The van der Waals surface area contributed by atoms with Gasteiger partial charge in [0.1, 0.15) is 28.6 Å². The van der Waals surface area contributed by atoms with E-state index in [-0.39, 0.29) is 28.6 Å². The molecule has 2 aromatic heterocycles. The molecule has 1 aliphatic carbocycles. The maximum absolute atomic E-state index is 16.8. The van der Waals surface area contributed by atoms with Gasteiger partial charge in [0.15, 0.2) is 11.6 Å². The van der Waals surface area contributed by atoms with Crippen molar-refractivity contribution in [2.24, 2.45) is 0 Å². The molecule has 4 fully saturated rings. The molecule has 2 bridgehead atoms. The van der Waals surface area contributed by atoms with Crippen molar-refractivity contribution in [2.75, 3.05) is 37.0 Å². The van der Waals surface area contributed by atoms with Gasteiger partial charge in [-0.2, -0.15) is 5.10 Å². The van der Waals surface area contributed by atoms with Gasteiger partial charge in [0, 0.05) is 50.2 Å². The molecule has 4 aliphatic rings. The fourth-order valence-electron chi connectivity index (χ4n) is 6.17. The number of piperidine rings is 2. The van der Waals surface area contributed by atoms with Crippen LogP contribution < -0.4 is 15.1 Å². The van der Waals surface area contributed by atoms with E-state index in [2.05, 4.69) is 16.1 Å². The van der Waals surface area contributed by atoms with Gasteiger partial charge in [-0.3, -0.25) is 4.68 Å². The number of phenols is 1. The van der Waals surface area contributed by atoms with Crippen LogP contribution in [-0.4, -0.2) is 59.1 Å². The van der Waals surface area contributed by atoms with Crippen LogP contribution in [-0.2, 0) is 0 Å². The molecular formula is C29H28F2N6O. The molecular weight excluding hydrogens is 486 g/mol. The number of hydrogen-bond acceptors (Lipinski definition) is 6. The molecule has 7 nitrogen and oxygen atoms in total. The predicted octanol–water partition coefficient (Wildman–Crippen LogP) is 4.56. The first-order chi connectivity index (χ1) is 18.4. The Bertz CT molecular complexity index is 1660. The minimum absolute atomic E-state index is 0.0124. The zero-order valence-corrected chi connectivity index (χ0v) is 21.3. The highest BCUT2D eigenvalue weighted by Gasteiger charge is 2.39. The minimum atomic E-state index is -0.583. The number of fused-ring (bicyclic) bond motifs is 5. The molecule has 9 heteroatoms. The fourth-order valence-corrected chi connectivity index (χ4v) is 6.17. The summed E-state index contributed by atoms with van der Waals surface area (Å²) in [6, 6.07) is 6.49. The molecule has 5 heterocycles. The third kappa shape index (κ3) is 3.36. The van der Waals surface area contributed by atoms with Crippen molar-refractivity contribution in [1.82, 2.24) is 20.1 Å². The first kappa shape index (κ1) is 23.2. The molecule has 0 spiro atoms. The van der Waals surface area contributed by atoms with Crippen LogP contribution in [0.4, 0.5) is 20.4 Å². The lowest BCUT2D eigenvalue weighted by atomic mass is 9.92. The maximum Gasteiger partial charge on any atom is 0.175 e. The smallest absolute Gasteiger partial charge is 0.175 e. The molecule has 38 heavy (non-hydrogen) atoms. The molecule has 1 saturated carbocycles. The van der Waals surface area contributed by atoms with Crippen LogP contribution in [0.3, 0.4) is 0 Å². The summed E-state index contributed by atoms with van der Waals surface area (Å²) in [5.41, 5.74) is 0.667. The zero-order valence-electron chi connectivity index (χ0n) is 21.3. The van der Waals surface area contributed by atoms with Crippen molar-refractivity contribution < 1.29 is 13.9 Å². The van der Waals surface area contributed by atoms with Gasteiger partial charge in [-0.1, -0.05) is 12.0 Å². The van der Waals surface area contributed by atoms with Crippen LogP contribution in [0.15, 0.2) is 24.3 Å². The number of benzene rings is 2. The number of phenolic OH excluding ortho intramolecular Hbond substituents is 1. The Morgan fingerprint density at radius 3 is 2.53 bits per heavy atom. The Balaban J connectivity index is 1.56. The quantitative estimate of drug-likeness (QED) is 0.389. The molecule has 0 unspecified atom stereocenters. The van der Waals surface area contributed by atoms with E-state index in [4.69, 9.17) is 16.5 Å². The summed E-state index contributed by atoms with van der Waals surface area (Å²) >= 11 is 0. The van der Waals surface area contributed by atoms with Crippen molar-refractivity contribution in [3.05, 3.63) is 41.5 Å². The number of aromatic nitrogens is 3. The van der Waals surface area contributed by atoms with Gasteiger partial charge in [0.25, 0.3) is 0 Å². The van der Waals surface area contributed by atoms with E-state index in [0.717, 1.165) is 44.6 Å². The second-order valence-corrected chi connectivity index (χ2v) is 10.9. The van der Waals surface area contributed by atoms with E-state index in [1.807, 2.05) is 23.7 Å². The summed E-state index contributed by atoms with van der Waals surface area (Å²) in [4.78, 5) is 9.01.